The quantitative estimate of drug-likeness (QED) is 0.801. The molecule has 2 rings (SSSR count). The van der Waals surface area contributed by atoms with Gasteiger partial charge in [0, 0.05) is 30.9 Å². The molecule has 1 aromatic heterocycles. The van der Waals surface area contributed by atoms with Crippen LogP contribution in [0.25, 0.3) is 0 Å². The molecule has 0 N–H and O–H groups in total. The van der Waals surface area contributed by atoms with Crippen molar-refractivity contribution in [2.75, 3.05) is 0 Å². The summed E-state index contributed by atoms with van der Waals surface area (Å²) in [6, 6.07) is 2.30. The Balaban J connectivity index is 2.09. The normalized spacial score (nSPS) is 15.5. The topological polar surface area (TPSA) is 45.8 Å². The molecule has 0 aliphatic heterocycles. The van der Waals surface area contributed by atoms with Crippen molar-refractivity contribution in [2.24, 2.45) is 5.41 Å². The summed E-state index contributed by atoms with van der Waals surface area (Å²) in [5.74, 6) is 0.268. The van der Waals surface area contributed by atoms with Crippen LogP contribution in [0.5, 0.6) is 0 Å². The number of nitrogens with zero attached hydrogens (tertiary/aromatic N) is 2. The van der Waals surface area contributed by atoms with E-state index < -0.39 is 0 Å². The molecule has 90 valence electrons. The molecule has 17 heavy (non-hydrogen) atoms. The fourth-order valence-corrected chi connectivity index (χ4v) is 2.17. The molecule has 0 atom stereocenters. The average molecular weight is 230 g/mol. The van der Waals surface area contributed by atoms with Crippen LogP contribution in [0.3, 0.4) is 0 Å². The first-order chi connectivity index (χ1) is 8.02. The number of hydrogen-bond acceptors (Lipinski definition) is 2. The molecule has 1 aliphatic rings. The summed E-state index contributed by atoms with van der Waals surface area (Å²) in [6.07, 6.45) is 7.49. The first-order valence-corrected chi connectivity index (χ1v) is 6.15. The minimum atomic E-state index is -0.297. The summed E-state index contributed by atoms with van der Waals surface area (Å²) in [6.45, 7) is 4.70. The van der Waals surface area contributed by atoms with Crippen molar-refractivity contribution in [1.82, 2.24) is 4.57 Å². The van der Waals surface area contributed by atoms with Crippen molar-refractivity contribution in [1.29, 1.82) is 5.26 Å². The molecule has 0 spiro atoms. The Bertz CT molecular complexity index is 477. The maximum Gasteiger partial charge on any atom is 0.164 e. The van der Waals surface area contributed by atoms with E-state index in [2.05, 4.69) is 16.8 Å². The van der Waals surface area contributed by atoms with Crippen LogP contribution in [0.15, 0.2) is 12.4 Å². The van der Waals surface area contributed by atoms with Gasteiger partial charge in [0.15, 0.2) is 5.78 Å². The molecule has 3 heteroatoms. The molecule has 0 aromatic carbocycles. The van der Waals surface area contributed by atoms with Crippen LogP contribution in [0.4, 0.5) is 0 Å². The van der Waals surface area contributed by atoms with E-state index in [1.165, 1.54) is 5.56 Å². The summed E-state index contributed by atoms with van der Waals surface area (Å²) in [5.41, 5.74) is 1.77. The van der Waals surface area contributed by atoms with E-state index in [0.717, 1.165) is 31.4 Å². The van der Waals surface area contributed by atoms with Crippen LogP contribution in [0.1, 0.15) is 49.0 Å². The number of aryl methyl sites for hydroxylation is 2. The number of aromatic nitrogens is 1. The molecule has 3 nitrogen and oxygen atoms in total. The first kappa shape index (κ1) is 11.9. The summed E-state index contributed by atoms with van der Waals surface area (Å²) < 4.78 is 2.06. The molecular formula is C14H18N2O. The zero-order valence-corrected chi connectivity index (χ0v) is 10.5. The zero-order valence-electron chi connectivity index (χ0n) is 10.5. The third-order valence-electron chi connectivity index (χ3n) is 3.41. The van der Waals surface area contributed by atoms with Crippen LogP contribution >= 0.6 is 0 Å². The third-order valence-corrected chi connectivity index (χ3v) is 3.41. The van der Waals surface area contributed by atoms with Crippen molar-refractivity contribution in [3.8, 4) is 6.07 Å². The number of fused-ring (bicyclic) bond motifs is 1. The van der Waals surface area contributed by atoms with Gasteiger partial charge in [0.2, 0.25) is 0 Å². The summed E-state index contributed by atoms with van der Waals surface area (Å²) in [5, 5.41) is 8.96. The Morgan fingerprint density at radius 3 is 2.82 bits per heavy atom. The number of hydrogen-bond donors (Lipinski definition) is 0. The highest BCUT2D eigenvalue weighted by atomic mass is 16.1. The first-order valence-electron chi connectivity index (χ1n) is 6.15. The minimum Gasteiger partial charge on any atom is -0.353 e. The fourth-order valence-electron chi connectivity index (χ4n) is 2.17. The van der Waals surface area contributed by atoms with E-state index in [4.69, 9.17) is 5.26 Å². The molecule has 0 amide bonds. The van der Waals surface area contributed by atoms with Crippen molar-refractivity contribution >= 4 is 5.78 Å². The van der Waals surface area contributed by atoms with Crippen LogP contribution in [-0.4, -0.2) is 10.4 Å². The molecule has 0 saturated heterocycles. The molecule has 1 heterocycles. The van der Waals surface area contributed by atoms with Gasteiger partial charge in [-0.25, -0.2) is 0 Å². The Kier molecular flexibility index (Phi) is 3.06. The monoisotopic (exact) mass is 230 g/mol. The van der Waals surface area contributed by atoms with Gasteiger partial charge in [-0.1, -0.05) is 0 Å². The molecule has 0 fully saturated rings. The predicted molar refractivity (Wildman–Crippen MR) is 65.7 cm³/mol. The largest absolute Gasteiger partial charge is 0.353 e. The van der Waals surface area contributed by atoms with Crippen molar-refractivity contribution in [3.63, 3.8) is 0 Å². The van der Waals surface area contributed by atoms with Crippen molar-refractivity contribution in [2.45, 2.75) is 46.1 Å². The van der Waals surface area contributed by atoms with Gasteiger partial charge >= 0.3 is 0 Å². The molecule has 1 aliphatic carbocycles. The summed E-state index contributed by atoms with van der Waals surface area (Å²) in [7, 11) is 0. The maximum absolute atomic E-state index is 11.7. The van der Waals surface area contributed by atoms with E-state index in [1.807, 2.05) is 20.0 Å². The Morgan fingerprint density at radius 1 is 1.41 bits per heavy atom. The van der Waals surface area contributed by atoms with E-state index in [9.17, 15) is 4.79 Å². The smallest absolute Gasteiger partial charge is 0.164 e. The van der Waals surface area contributed by atoms with Gasteiger partial charge < -0.3 is 4.57 Å². The lowest BCUT2D eigenvalue weighted by Gasteiger charge is -2.14. The third kappa shape index (κ3) is 2.58. The lowest BCUT2D eigenvalue weighted by atomic mass is 9.91. The van der Waals surface area contributed by atoms with Crippen molar-refractivity contribution < 1.29 is 4.79 Å². The molecule has 0 radical (unpaired) electrons. The van der Waals surface area contributed by atoms with E-state index in [0.29, 0.717) is 6.42 Å². The number of nitriles is 1. The summed E-state index contributed by atoms with van der Waals surface area (Å²) >= 11 is 0. The molecular weight excluding hydrogens is 212 g/mol. The van der Waals surface area contributed by atoms with Gasteiger partial charge in [-0.3, -0.25) is 4.79 Å². The van der Waals surface area contributed by atoms with Gasteiger partial charge in [-0.05, 0) is 38.7 Å². The molecule has 1 aromatic rings. The lowest BCUT2D eigenvalue weighted by Crippen LogP contribution is -2.11. The van der Waals surface area contributed by atoms with Gasteiger partial charge in [0.05, 0.1) is 11.5 Å². The summed E-state index contributed by atoms with van der Waals surface area (Å²) in [4.78, 5) is 11.7. The van der Waals surface area contributed by atoms with E-state index >= 15 is 0 Å². The number of rotatable bonds is 3. The predicted octanol–water partition coefficient (Wildman–Crippen LogP) is 2.95. The minimum absolute atomic E-state index is 0.268. The second kappa shape index (κ2) is 4.37. The van der Waals surface area contributed by atoms with Crippen LogP contribution in [0.2, 0.25) is 0 Å². The fraction of sp³-hybridized carbons (Fsp3) is 0.571. The highest BCUT2D eigenvalue weighted by Gasteiger charge is 2.20. The number of ketones is 1. The highest BCUT2D eigenvalue weighted by molar-refractivity contribution is 5.98. The van der Waals surface area contributed by atoms with E-state index in [1.54, 1.807) is 0 Å². The van der Waals surface area contributed by atoms with Crippen LogP contribution in [-0.2, 0) is 13.0 Å². The Hall–Kier alpha value is -1.56. The van der Waals surface area contributed by atoms with E-state index in [-0.39, 0.29) is 11.2 Å². The lowest BCUT2D eigenvalue weighted by molar-refractivity contribution is 0.0973. The van der Waals surface area contributed by atoms with Gasteiger partial charge in [-0.2, -0.15) is 5.26 Å². The van der Waals surface area contributed by atoms with Crippen LogP contribution < -0.4 is 0 Å². The Morgan fingerprint density at radius 2 is 2.18 bits per heavy atom. The van der Waals surface area contributed by atoms with Gasteiger partial charge in [0.1, 0.15) is 0 Å². The molecule has 0 saturated carbocycles. The zero-order chi connectivity index (χ0) is 12.5. The standard InChI is InChI=1S/C14H18N2O/c1-14(2,10-15)6-7-16-8-11-4-3-5-13(17)12(11)9-16/h8-9H,3-7H2,1-2H3. The highest BCUT2D eigenvalue weighted by Crippen LogP contribution is 2.24. The molecule has 0 bridgehead atoms. The second-order valence-electron chi connectivity index (χ2n) is 5.46. The number of carbonyl (C=O) groups excluding carboxylic acids is 1. The van der Waals surface area contributed by atoms with Gasteiger partial charge in [0.25, 0.3) is 0 Å². The number of Topliss-reactive ketones (excluding diaryl/α,β-unsaturated/α-hetero) is 1. The SMILES string of the molecule is CC(C)(C#N)CCn1cc2c(c1)C(=O)CCC2. The van der Waals surface area contributed by atoms with Crippen molar-refractivity contribution in [3.05, 3.63) is 23.5 Å². The second-order valence-corrected chi connectivity index (χ2v) is 5.46. The van der Waals surface area contributed by atoms with Crippen LogP contribution in [0, 0.1) is 16.7 Å². The van der Waals surface area contributed by atoms with Gasteiger partial charge in [-0.15, -0.1) is 0 Å². The Labute approximate surface area is 102 Å². The number of carbonyl (C=O) groups is 1. The molecule has 0 unspecified atom stereocenters. The average Bonchev–Trinajstić information content (AvgIpc) is 2.71. The maximum atomic E-state index is 11.7.